The van der Waals surface area contributed by atoms with E-state index in [-0.39, 0.29) is 0 Å². The van der Waals surface area contributed by atoms with Gasteiger partial charge in [-0.3, -0.25) is 0 Å². The highest BCUT2D eigenvalue weighted by Crippen LogP contribution is 2.78. The van der Waals surface area contributed by atoms with Crippen LogP contribution in [-0.2, 0) is 0 Å². The third kappa shape index (κ3) is 6.74. The molecule has 0 N–H and O–H groups in total. The van der Waals surface area contributed by atoms with Gasteiger partial charge in [-0.1, -0.05) is 135 Å². The van der Waals surface area contributed by atoms with Gasteiger partial charge in [-0.2, -0.15) is 33.6 Å². The average molecular weight is 595 g/mol. The zero-order valence-electron chi connectivity index (χ0n) is 24.4. The second-order valence-electron chi connectivity index (χ2n) is 10.3. The molecule has 4 aromatic carbocycles. The van der Waals surface area contributed by atoms with Crippen molar-refractivity contribution in [2.45, 2.75) is 26.7 Å². The van der Waals surface area contributed by atoms with Crippen LogP contribution in [-0.4, -0.2) is 34.5 Å². The molecule has 0 unspecified atom stereocenters. The fourth-order valence-electron chi connectivity index (χ4n) is 6.01. The molecule has 0 amide bonds. The second-order valence-corrected chi connectivity index (χ2v) is 16.5. The van der Waals surface area contributed by atoms with Gasteiger partial charge < -0.3 is 0 Å². The van der Waals surface area contributed by atoms with E-state index in [1.54, 1.807) is 9.81 Å². The SMILES string of the molecule is CCSCCCS1(CCCSCC)C(c2ccccc2)=C(c2ccccc2)C(c2ccccc2)=C1c1ccccc1. The molecule has 1 heterocycles. The van der Waals surface area contributed by atoms with Crippen molar-refractivity contribution in [2.24, 2.45) is 0 Å². The highest BCUT2D eigenvalue weighted by Gasteiger charge is 2.44. The molecule has 3 heteroatoms. The number of thioether (sulfide) groups is 2. The van der Waals surface area contributed by atoms with E-state index in [1.165, 1.54) is 80.8 Å². The predicted octanol–water partition coefficient (Wildman–Crippen LogP) is 11.2. The van der Waals surface area contributed by atoms with Crippen molar-refractivity contribution in [3.63, 3.8) is 0 Å². The van der Waals surface area contributed by atoms with E-state index >= 15 is 0 Å². The third-order valence-electron chi connectivity index (χ3n) is 7.65. The third-order valence-corrected chi connectivity index (χ3v) is 14.0. The van der Waals surface area contributed by atoms with Crippen molar-refractivity contribution in [3.05, 3.63) is 144 Å². The molecule has 0 atom stereocenters. The van der Waals surface area contributed by atoms with Crippen LogP contribution < -0.4 is 0 Å². The number of hydrogen-bond donors (Lipinski definition) is 0. The minimum Gasteiger partial charge on any atom is -0.185 e. The van der Waals surface area contributed by atoms with Crippen LogP contribution in [0.3, 0.4) is 0 Å². The summed E-state index contributed by atoms with van der Waals surface area (Å²) in [4.78, 5) is 3.20. The summed E-state index contributed by atoms with van der Waals surface area (Å²) in [6.07, 6.45) is 2.48. The van der Waals surface area contributed by atoms with Crippen LogP contribution in [0.4, 0.5) is 0 Å². The molecule has 0 spiro atoms. The van der Waals surface area contributed by atoms with Gasteiger partial charge in [-0.15, -0.1) is 0 Å². The van der Waals surface area contributed by atoms with E-state index in [2.05, 4.69) is 159 Å². The van der Waals surface area contributed by atoms with Crippen molar-refractivity contribution < 1.29 is 0 Å². The van der Waals surface area contributed by atoms with Crippen molar-refractivity contribution in [1.82, 2.24) is 0 Å². The van der Waals surface area contributed by atoms with Crippen LogP contribution in [0.5, 0.6) is 0 Å². The summed E-state index contributed by atoms with van der Waals surface area (Å²) in [5, 5.41) is 0. The molecule has 0 aromatic heterocycles. The summed E-state index contributed by atoms with van der Waals surface area (Å²) in [6.45, 7) is 4.58. The molecule has 0 aliphatic carbocycles. The lowest BCUT2D eigenvalue weighted by Gasteiger charge is -2.43. The maximum atomic E-state index is 2.37. The molecule has 0 fully saturated rings. The van der Waals surface area contributed by atoms with Crippen molar-refractivity contribution >= 4 is 54.5 Å². The monoisotopic (exact) mass is 594 g/mol. The zero-order chi connectivity index (χ0) is 28.3. The highest BCUT2D eigenvalue weighted by atomic mass is 32.3. The largest absolute Gasteiger partial charge is 0.185 e. The van der Waals surface area contributed by atoms with Crippen molar-refractivity contribution in [1.29, 1.82) is 0 Å². The highest BCUT2D eigenvalue weighted by molar-refractivity contribution is 8.48. The fourth-order valence-corrected chi connectivity index (χ4v) is 12.5. The molecule has 1 aliphatic rings. The number of benzene rings is 4. The van der Waals surface area contributed by atoms with E-state index in [9.17, 15) is 0 Å². The lowest BCUT2D eigenvalue weighted by atomic mass is 9.89. The fraction of sp³-hybridized carbons (Fsp3) is 0.263. The summed E-state index contributed by atoms with van der Waals surface area (Å²) >= 11 is 4.18. The normalized spacial score (nSPS) is 15.4. The molecular formula is C38H42S3. The number of hydrogen-bond acceptors (Lipinski definition) is 2. The van der Waals surface area contributed by atoms with E-state index in [4.69, 9.17) is 0 Å². The minimum atomic E-state index is -1.37. The Balaban J connectivity index is 1.87. The molecule has 0 nitrogen and oxygen atoms in total. The van der Waals surface area contributed by atoms with Crippen LogP contribution in [0.1, 0.15) is 48.9 Å². The first kappa shape index (κ1) is 29.9. The van der Waals surface area contributed by atoms with Gasteiger partial charge in [0.05, 0.1) is 0 Å². The topological polar surface area (TPSA) is 0 Å². The second kappa shape index (κ2) is 15.0. The van der Waals surface area contributed by atoms with Crippen LogP contribution in [0, 0.1) is 0 Å². The van der Waals surface area contributed by atoms with E-state index < -0.39 is 10.0 Å². The molecule has 212 valence electrons. The Kier molecular flexibility index (Phi) is 11.0. The minimum absolute atomic E-state index is 1.18. The Morgan fingerprint density at radius 2 is 0.756 bits per heavy atom. The summed E-state index contributed by atoms with van der Waals surface area (Å²) in [7, 11) is -1.37. The quantitative estimate of drug-likeness (QED) is 0.133. The lowest BCUT2D eigenvalue weighted by Crippen LogP contribution is -2.14. The lowest BCUT2D eigenvalue weighted by molar-refractivity contribution is 1.08. The van der Waals surface area contributed by atoms with Gasteiger partial charge in [0.15, 0.2) is 0 Å². The zero-order valence-corrected chi connectivity index (χ0v) is 26.9. The summed E-state index contributed by atoms with van der Waals surface area (Å²) in [5.74, 6) is 7.28. The molecule has 5 rings (SSSR count). The molecule has 0 saturated heterocycles. The maximum Gasteiger partial charge on any atom is 0.00995 e. The Morgan fingerprint density at radius 3 is 1.07 bits per heavy atom. The van der Waals surface area contributed by atoms with Crippen molar-refractivity contribution in [3.8, 4) is 0 Å². The van der Waals surface area contributed by atoms with Gasteiger partial charge in [0.2, 0.25) is 0 Å². The molecule has 0 radical (unpaired) electrons. The van der Waals surface area contributed by atoms with E-state index in [0.29, 0.717) is 0 Å². The first-order valence-electron chi connectivity index (χ1n) is 14.9. The summed E-state index contributed by atoms with van der Waals surface area (Å²) in [6, 6.07) is 45.2. The molecular weight excluding hydrogens is 553 g/mol. The maximum absolute atomic E-state index is 2.37. The molecule has 1 aliphatic heterocycles. The Bertz CT molecular complexity index is 1310. The van der Waals surface area contributed by atoms with Crippen LogP contribution >= 0.6 is 33.6 Å². The molecule has 0 bridgehead atoms. The average Bonchev–Trinajstić information content (AvgIpc) is 3.34. The van der Waals surface area contributed by atoms with Gasteiger partial charge in [0.25, 0.3) is 0 Å². The standard InChI is InChI=1S/C38H42S3/c1-3-39-27-17-29-41(30-18-28-40-4-2)37(33-23-13-7-14-24-33)35(31-19-9-5-10-20-31)36(32-21-11-6-12-22-32)38(41)34-25-15-8-16-26-34/h5-16,19-26H,3-4,17-18,27-30H2,1-2H3. The predicted molar refractivity (Wildman–Crippen MR) is 192 cm³/mol. The molecule has 0 saturated carbocycles. The van der Waals surface area contributed by atoms with E-state index in [1.807, 2.05) is 0 Å². The van der Waals surface area contributed by atoms with Crippen LogP contribution in [0.2, 0.25) is 0 Å². The van der Waals surface area contributed by atoms with Gasteiger partial charge in [0, 0.05) is 21.0 Å². The van der Waals surface area contributed by atoms with Crippen LogP contribution in [0.25, 0.3) is 21.0 Å². The smallest absolute Gasteiger partial charge is 0.00995 e. The first-order chi connectivity index (χ1) is 20.3. The number of allylic oxidation sites excluding steroid dienone is 2. The van der Waals surface area contributed by atoms with E-state index in [0.717, 1.165) is 0 Å². The Morgan fingerprint density at radius 1 is 0.439 bits per heavy atom. The van der Waals surface area contributed by atoms with Crippen LogP contribution in [0.15, 0.2) is 121 Å². The van der Waals surface area contributed by atoms with Crippen molar-refractivity contribution in [2.75, 3.05) is 34.5 Å². The van der Waals surface area contributed by atoms with Gasteiger partial charge in [-0.05, 0) is 69.6 Å². The molecule has 4 aromatic rings. The van der Waals surface area contributed by atoms with Gasteiger partial charge in [-0.25, -0.2) is 0 Å². The van der Waals surface area contributed by atoms with Gasteiger partial charge in [0.1, 0.15) is 0 Å². The summed E-state index contributed by atoms with van der Waals surface area (Å²) in [5.41, 5.74) is 8.35. The first-order valence-corrected chi connectivity index (χ1v) is 19.2. The van der Waals surface area contributed by atoms with Gasteiger partial charge >= 0.3 is 0 Å². The summed E-state index contributed by atoms with van der Waals surface area (Å²) < 4.78 is 0. The molecule has 41 heavy (non-hydrogen) atoms. The number of rotatable bonds is 14. The Labute approximate surface area is 258 Å². The Hall–Kier alpha value is -2.59.